The average molecular weight is 236 g/mol. The lowest BCUT2D eigenvalue weighted by Gasteiger charge is -2.11. The van der Waals surface area contributed by atoms with Gasteiger partial charge in [-0.25, -0.2) is 9.97 Å². The highest BCUT2D eigenvalue weighted by molar-refractivity contribution is 7.09. The van der Waals surface area contributed by atoms with E-state index in [0.717, 1.165) is 29.5 Å². The fourth-order valence-corrected chi connectivity index (χ4v) is 2.36. The summed E-state index contributed by atoms with van der Waals surface area (Å²) in [5.74, 6) is 0.938. The van der Waals surface area contributed by atoms with E-state index in [1.165, 1.54) is 0 Å². The van der Waals surface area contributed by atoms with Gasteiger partial charge in [0.25, 0.3) is 0 Å². The van der Waals surface area contributed by atoms with Gasteiger partial charge in [0, 0.05) is 30.7 Å². The Labute approximate surface area is 99.2 Å². The van der Waals surface area contributed by atoms with Crippen LogP contribution in [-0.2, 0) is 13.0 Å². The van der Waals surface area contributed by atoms with Gasteiger partial charge in [-0.1, -0.05) is 0 Å². The molecule has 2 rings (SSSR count). The average Bonchev–Trinajstić information content (AvgIpc) is 2.86. The van der Waals surface area contributed by atoms with Crippen molar-refractivity contribution in [3.63, 3.8) is 0 Å². The Morgan fingerprint density at radius 2 is 2.38 bits per heavy atom. The molecule has 2 heterocycles. The first-order valence-corrected chi connectivity index (χ1v) is 6.26. The zero-order valence-corrected chi connectivity index (χ0v) is 10.4. The van der Waals surface area contributed by atoms with E-state index in [2.05, 4.69) is 26.8 Å². The zero-order valence-electron chi connectivity index (χ0n) is 9.55. The van der Waals surface area contributed by atoms with Crippen molar-refractivity contribution in [1.29, 1.82) is 0 Å². The van der Waals surface area contributed by atoms with E-state index >= 15 is 0 Å². The third-order valence-corrected chi connectivity index (χ3v) is 3.34. The molecule has 4 nitrogen and oxygen atoms in total. The van der Waals surface area contributed by atoms with Crippen molar-refractivity contribution in [1.82, 2.24) is 14.5 Å². The van der Waals surface area contributed by atoms with Gasteiger partial charge in [0.2, 0.25) is 0 Å². The first-order chi connectivity index (χ1) is 7.70. The summed E-state index contributed by atoms with van der Waals surface area (Å²) in [5, 5.41) is 3.15. The molecular weight excluding hydrogens is 220 g/mol. The van der Waals surface area contributed by atoms with Crippen LogP contribution in [0.5, 0.6) is 0 Å². The van der Waals surface area contributed by atoms with Crippen molar-refractivity contribution in [3.8, 4) is 0 Å². The van der Waals surface area contributed by atoms with Gasteiger partial charge in [-0.05, 0) is 13.8 Å². The molecule has 0 saturated heterocycles. The summed E-state index contributed by atoms with van der Waals surface area (Å²) in [6, 6.07) is -0.0727. The summed E-state index contributed by atoms with van der Waals surface area (Å²) in [5.41, 5.74) is 7.19. The molecule has 0 aromatic carbocycles. The molecule has 1 atom stereocenters. The van der Waals surface area contributed by atoms with Crippen molar-refractivity contribution >= 4 is 11.3 Å². The molecular formula is C11H16N4S. The zero-order chi connectivity index (χ0) is 11.5. The SMILES string of the molecule is CCn1ccnc1C(N)Cc1csc(C)n1. The lowest BCUT2D eigenvalue weighted by molar-refractivity contribution is 0.595. The van der Waals surface area contributed by atoms with Crippen LogP contribution in [0.1, 0.15) is 29.5 Å². The number of rotatable bonds is 4. The van der Waals surface area contributed by atoms with Crippen molar-refractivity contribution in [2.75, 3.05) is 0 Å². The molecule has 0 aliphatic rings. The van der Waals surface area contributed by atoms with Crippen LogP contribution in [0.3, 0.4) is 0 Å². The smallest absolute Gasteiger partial charge is 0.126 e. The Kier molecular flexibility index (Phi) is 3.36. The fourth-order valence-electron chi connectivity index (χ4n) is 1.74. The van der Waals surface area contributed by atoms with Crippen molar-refractivity contribution < 1.29 is 0 Å². The monoisotopic (exact) mass is 236 g/mol. The predicted octanol–water partition coefficient (Wildman–Crippen LogP) is 1.91. The summed E-state index contributed by atoms with van der Waals surface area (Å²) < 4.78 is 2.07. The molecule has 86 valence electrons. The van der Waals surface area contributed by atoms with Crippen LogP contribution in [0, 0.1) is 6.92 Å². The minimum Gasteiger partial charge on any atom is -0.334 e. The molecule has 2 aromatic heterocycles. The third-order valence-electron chi connectivity index (χ3n) is 2.52. The lowest BCUT2D eigenvalue weighted by atomic mass is 10.1. The highest BCUT2D eigenvalue weighted by Gasteiger charge is 2.13. The number of nitrogens with two attached hydrogens (primary N) is 1. The topological polar surface area (TPSA) is 56.7 Å². The van der Waals surface area contributed by atoms with Gasteiger partial charge in [-0.3, -0.25) is 0 Å². The summed E-state index contributed by atoms with van der Waals surface area (Å²) in [7, 11) is 0. The second kappa shape index (κ2) is 4.76. The second-order valence-corrected chi connectivity index (χ2v) is 4.80. The summed E-state index contributed by atoms with van der Waals surface area (Å²) in [4.78, 5) is 8.72. The molecule has 0 saturated carbocycles. The van der Waals surface area contributed by atoms with E-state index in [4.69, 9.17) is 5.73 Å². The van der Waals surface area contributed by atoms with E-state index in [1.54, 1.807) is 17.5 Å². The minimum atomic E-state index is -0.0727. The fraction of sp³-hybridized carbons (Fsp3) is 0.455. The maximum atomic E-state index is 6.14. The Balaban J connectivity index is 2.11. The predicted molar refractivity (Wildman–Crippen MR) is 65.4 cm³/mol. The van der Waals surface area contributed by atoms with Crippen LogP contribution >= 0.6 is 11.3 Å². The molecule has 0 spiro atoms. The molecule has 2 aromatic rings. The number of thiazole rings is 1. The largest absolute Gasteiger partial charge is 0.334 e. The normalized spacial score (nSPS) is 12.9. The summed E-state index contributed by atoms with van der Waals surface area (Å²) in [6.45, 7) is 5.00. The van der Waals surface area contributed by atoms with Crippen LogP contribution in [0.25, 0.3) is 0 Å². The number of hydrogen-bond donors (Lipinski definition) is 1. The number of imidazole rings is 1. The molecule has 0 bridgehead atoms. The number of aryl methyl sites for hydroxylation is 2. The third kappa shape index (κ3) is 2.31. The molecule has 5 heteroatoms. The quantitative estimate of drug-likeness (QED) is 0.882. The first-order valence-electron chi connectivity index (χ1n) is 5.38. The Hall–Kier alpha value is -1.20. The van der Waals surface area contributed by atoms with E-state index < -0.39 is 0 Å². The maximum absolute atomic E-state index is 6.14. The molecule has 1 unspecified atom stereocenters. The number of aromatic nitrogens is 3. The summed E-state index contributed by atoms with van der Waals surface area (Å²) >= 11 is 1.66. The molecule has 0 fully saturated rings. The van der Waals surface area contributed by atoms with Crippen LogP contribution < -0.4 is 5.73 Å². The maximum Gasteiger partial charge on any atom is 0.126 e. The number of nitrogens with zero attached hydrogens (tertiary/aromatic N) is 3. The van der Waals surface area contributed by atoms with Gasteiger partial charge in [0.15, 0.2) is 0 Å². The van der Waals surface area contributed by atoms with Gasteiger partial charge >= 0.3 is 0 Å². The van der Waals surface area contributed by atoms with E-state index in [1.807, 2.05) is 13.1 Å². The van der Waals surface area contributed by atoms with Crippen molar-refractivity contribution in [3.05, 3.63) is 34.3 Å². The van der Waals surface area contributed by atoms with Crippen molar-refractivity contribution in [2.45, 2.75) is 32.9 Å². The molecule has 0 aliphatic carbocycles. The van der Waals surface area contributed by atoms with Gasteiger partial charge in [-0.2, -0.15) is 0 Å². The van der Waals surface area contributed by atoms with E-state index in [0.29, 0.717) is 0 Å². The van der Waals surface area contributed by atoms with Crippen LogP contribution in [0.2, 0.25) is 0 Å². The first kappa shape index (κ1) is 11.3. The minimum absolute atomic E-state index is 0.0727. The number of hydrogen-bond acceptors (Lipinski definition) is 4. The second-order valence-electron chi connectivity index (χ2n) is 3.74. The lowest BCUT2D eigenvalue weighted by Crippen LogP contribution is -2.18. The standard InChI is InChI=1S/C11H16N4S/c1-3-15-5-4-13-11(15)10(12)6-9-7-16-8(2)14-9/h4-5,7,10H,3,6,12H2,1-2H3. The molecule has 0 radical (unpaired) electrons. The Bertz CT molecular complexity index is 460. The van der Waals surface area contributed by atoms with Gasteiger partial charge in [-0.15, -0.1) is 11.3 Å². The van der Waals surface area contributed by atoms with Crippen LogP contribution in [0.4, 0.5) is 0 Å². The molecule has 16 heavy (non-hydrogen) atoms. The highest BCUT2D eigenvalue weighted by Crippen LogP contribution is 2.16. The molecule has 0 aliphatic heterocycles. The van der Waals surface area contributed by atoms with E-state index in [-0.39, 0.29) is 6.04 Å². The van der Waals surface area contributed by atoms with Gasteiger partial charge in [0.05, 0.1) is 16.7 Å². The van der Waals surface area contributed by atoms with Crippen molar-refractivity contribution in [2.24, 2.45) is 5.73 Å². The Morgan fingerprint density at radius 1 is 1.56 bits per heavy atom. The molecule has 2 N–H and O–H groups in total. The van der Waals surface area contributed by atoms with Crippen LogP contribution in [0.15, 0.2) is 17.8 Å². The van der Waals surface area contributed by atoms with E-state index in [9.17, 15) is 0 Å². The summed E-state index contributed by atoms with van der Waals surface area (Å²) in [6.07, 6.45) is 4.51. The Morgan fingerprint density at radius 3 is 3.00 bits per heavy atom. The van der Waals surface area contributed by atoms with Gasteiger partial charge in [0.1, 0.15) is 5.82 Å². The highest BCUT2D eigenvalue weighted by atomic mass is 32.1. The van der Waals surface area contributed by atoms with Crippen LogP contribution in [-0.4, -0.2) is 14.5 Å². The molecule has 0 amide bonds. The van der Waals surface area contributed by atoms with Gasteiger partial charge < -0.3 is 10.3 Å².